The van der Waals surface area contributed by atoms with Crippen molar-refractivity contribution in [2.75, 3.05) is 13.2 Å². The van der Waals surface area contributed by atoms with Crippen molar-refractivity contribution in [3.05, 3.63) is 122 Å². The first-order valence-electron chi connectivity index (χ1n) is 35.0. The molecular formula is C77H130O6. The Morgan fingerprint density at radius 3 is 0.855 bits per heavy atom. The topological polar surface area (TPSA) is 78.9 Å². The van der Waals surface area contributed by atoms with Crippen molar-refractivity contribution in [1.29, 1.82) is 0 Å². The van der Waals surface area contributed by atoms with E-state index in [-0.39, 0.29) is 31.6 Å². The van der Waals surface area contributed by atoms with Crippen LogP contribution in [-0.4, -0.2) is 37.2 Å². The summed E-state index contributed by atoms with van der Waals surface area (Å²) in [6.07, 6.45) is 98.4. The second-order valence-corrected chi connectivity index (χ2v) is 23.0. The van der Waals surface area contributed by atoms with Gasteiger partial charge in [-0.2, -0.15) is 0 Å². The largest absolute Gasteiger partial charge is 0.462 e. The first-order valence-corrected chi connectivity index (χ1v) is 35.0. The Labute approximate surface area is 513 Å². The Morgan fingerprint density at radius 1 is 0.265 bits per heavy atom. The van der Waals surface area contributed by atoms with Gasteiger partial charge in [-0.15, -0.1) is 0 Å². The van der Waals surface area contributed by atoms with E-state index in [0.717, 1.165) is 109 Å². The molecule has 0 aliphatic carbocycles. The van der Waals surface area contributed by atoms with Crippen molar-refractivity contribution in [3.63, 3.8) is 0 Å². The maximum Gasteiger partial charge on any atom is 0.309 e. The molecule has 1 atom stereocenters. The summed E-state index contributed by atoms with van der Waals surface area (Å²) in [5.74, 6) is -1.05. The third-order valence-electron chi connectivity index (χ3n) is 15.0. The Kier molecular flexibility index (Phi) is 66.7. The molecule has 0 fully saturated rings. The fourth-order valence-corrected chi connectivity index (χ4v) is 9.80. The van der Waals surface area contributed by atoms with Gasteiger partial charge in [0.15, 0.2) is 6.10 Å². The molecule has 0 aliphatic heterocycles. The second-order valence-electron chi connectivity index (χ2n) is 23.0. The van der Waals surface area contributed by atoms with Crippen LogP contribution in [0.2, 0.25) is 0 Å². The van der Waals surface area contributed by atoms with Gasteiger partial charge >= 0.3 is 17.9 Å². The molecule has 0 aromatic carbocycles. The second kappa shape index (κ2) is 70.3. The highest BCUT2D eigenvalue weighted by Gasteiger charge is 2.19. The van der Waals surface area contributed by atoms with Gasteiger partial charge in [-0.05, 0) is 109 Å². The fourth-order valence-electron chi connectivity index (χ4n) is 9.80. The number of esters is 3. The molecule has 0 amide bonds. The molecule has 0 spiro atoms. The van der Waals surface area contributed by atoms with Crippen molar-refractivity contribution in [3.8, 4) is 0 Å². The number of hydrogen-bond donors (Lipinski definition) is 0. The number of hydrogen-bond acceptors (Lipinski definition) is 6. The Balaban J connectivity index is 4.30. The molecule has 83 heavy (non-hydrogen) atoms. The van der Waals surface area contributed by atoms with E-state index in [4.69, 9.17) is 14.2 Å². The quantitative estimate of drug-likeness (QED) is 0.0261. The van der Waals surface area contributed by atoms with Crippen LogP contribution >= 0.6 is 0 Å². The first-order chi connectivity index (χ1) is 41.0. The average Bonchev–Trinajstić information content (AvgIpc) is 3.50. The van der Waals surface area contributed by atoms with Crippen molar-refractivity contribution >= 4 is 17.9 Å². The third-order valence-corrected chi connectivity index (χ3v) is 15.0. The number of rotatable bonds is 63. The summed E-state index contributed by atoms with van der Waals surface area (Å²) in [4.78, 5) is 38.3. The molecule has 0 saturated heterocycles. The predicted molar refractivity (Wildman–Crippen MR) is 362 cm³/mol. The molecule has 0 N–H and O–H groups in total. The molecule has 0 rings (SSSR count). The van der Waals surface area contributed by atoms with Gasteiger partial charge < -0.3 is 14.2 Å². The van der Waals surface area contributed by atoms with E-state index in [2.05, 4.69) is 130 Å². The lowest BCUT2D eigenvalue weighted by molar-refractivity contribution is -0.166. The molecule has 0 radical (unpaired) electrons. The number of carbonyl (C=O) groups excluding carboxylic acids is 3. The minimum atomic E-state index is -0.830. The van der Waals surface area contributed by atoms with Gasteiger partial charge in [0.2, 0.25) is 0 Å². The summed E-state index contributed by atoms with van der Waals surface area (Å²) < 4.78 is 16.8. The lowest BCUT2D eigenvalue weighted by Crippen LogP contribution is -2.30. The van der Waals surface area contributed by atoms with E-state index in [1.165, 1.54) is 180 Å². The van der Waals surface area contributed by atoms with Gasteiger partial charge in [0.1, 0.15) is 13.2 Å². The summed E-state index contributed by atoms with van der Waals surface area (Å²) in [5, 5.41) is 0. The molecule has 6 heteroatoms. The minimum Gasteiger partial charge on any atom is -0.462 e. The first kappa shape index (κ1) is 78.8. The molecule has 0 aromatic rings. The van der Waals surface area contributed by atoms with E-state index in [9.17, 15) is 14.4 Å². The monoisotopic (exact) mass is 1150 g/mol. The van der Waals surface area contributed by atoms with Crippen LogP contribution in [0.1, 0.15) is 329 Å². The summed E-state index contributed by atoms with van der Waals surface area (Å²) in [5.41, 5.74) is 0. The molecule has 0 aliphatic rings. The van der Waals surface area contributed by atoms with Crippen molar-refractivity contribution in [2.45, 2.75) is 335 Å². The summed E-state index contributed by atoms with van der Waals surface area (Å²) in [6, 6.07) is 0. The van der Waals surface area contributed by atoms with Gasteiger partial charge in [0, 0.05) is 12.8 Å². The zero-order valence-corrected chi connectivity index (χ0v) is 54.4. The number of ether oxygens (including phenoxy) is 3. The minimum absolute atomic E-state index is 0.114. The van der Waals surface area contributed by atoms with Gasteiger partial charge in [0.25, 0.3) is 0 Å². The van der Waals surface area contributed by atoms with Crippen LogP contribution in [0.25, 0.3) is 0 Å². The average molecular weight is 1150 g/mol. The van der Waals surface area contributed by atoms with E-state index < -0.39 is 12.1 Å². The molecule has 474 valence electrons. The standard InChI is InChI=1S/C77H130O6/c1-4-7-10-13-16-19-22-25-28-30-32-33-34-35-36-37-38-39-40-41-42-43-45-46-49-52-55-58-61-64-67-70-76(79)82-73-74(72-81-75(78)69-66-63-60-57-54-51-48-27-24-21-18-15-12-9-6-3)83-77(80)71-68-65-62-59-56-53-50-47-44-31-29-26-23-20-17-14-11-8-5-2/h8-9,11-12,17-18,20-21,26-27,29-30,32,44,47-48,54,57,63,66,74H,4-7,10,13-16,19,22-25,28,31,33-43,45-46,49-53,55-56,58-62,64-65,67-73H2,1-3H3/b11-8-,12-9-,20-17-,21-18-,29-26-,32-30-,47-44-,48-27-,57-54-,66-63-. The normalized spacial score (nSPS) is 12.9. The van der Waals surface area contributed by atoms with Crippen molar-refractivity contribution in [2.24, 2.45) is 0 Å². The highest BCUT2D eigenvalue weighted by molar-refractivity contribution is 5.72. The van der Waals surface area contributed by atoms with Crippen LogP contribution in [-0.2, 0) is 28.6 Å². The van der Waals surface area contributed by atoms with Crippen molar-refractivity contribution < 1.29 is 28.6 Å². The maximum absolute atomic E-state index is 12.9. The zero-order valence-electron chi connectivity index (χ0n) is 54.4. The van der Waals surface area contributed by atoms with Gasteiger partial charge in [0.05, 0.1) is 6.42 Å². The van der Waals surface area contributed by atoms with E-state index >= 15 is 0 Å². The van der Waals surface area contributed by atoms with Gasteiger partial charge in [-0.25, -0.2) is 0 Å². The highest BCUT2D eigenvalue weighted by Crippen LogP contribution is 2.17. The van der Waals surface area contributed by atoms with Crippen LogP contribution < -0.4 is 0 Å². The van der Waals surface area contributed by atoms with Crippen molar-refractivity contribution in [1.82, 2.24) is 0 Å². The summed E-state index contributed by atoms with van der Waals surface area (Å²) in [6.45, 7) is 6.34. The third kappa shape index (κ3) is 68.5. The van der Waals surface area contributed by atoms with E-state index in [0.29, 0.717) is 12.8 Å². The van der Waals surface area contributed by atoms with Crippen LogP contribution in [0.5, 0.6) is 0 Å². The highest BCUT2D eigenvalue weighted by atomic mass is 16.6. The van der Waals surface area contributed by atoms with Crippen LogP contribution in [0.15, 0.2) is 122 Å². The predicted octanol–water partition coefficient (Wildman–Crippen LogP) is 24.3. The zero-order chi connectivity index (χ0) is 59.9. The number of allylic oxidation sites excluding steroid dienone is 19. The lowest BCUT2D eigenvalue weighted by Gasteiger charge is -2.18. The fraction of sp³-hybridized carbons (Fsp3) is 0.701. The molecule has 0 heterocycles. The lowest BCUT2D eigenvalue weighted by atomic mass is 10.0. The maximum atomic E-state index is 12.9. The number of unbranched alkanes of at least 4 members (excludes halogenated alkanes) is 33. The molecule has 6 nitrogen and oxygen atoms in total. The Bertz CT molecular complexity index is 1700. The smallest absolute Gasteiger partial charge is 0.309 e. The Hall–Kier alpha value is -4.19. The molecule has 0 bridgehead atoms. The molecular weight excluding hydrogens is 1020 g/mol. The summed E-state index contributed by atoms with van der Waals surface area (Å²) >= 11 is 0. The van der Waals surface area contributed by atoms with E-state index in [1.807, 2.05) is 6.08 Å². The van der Waals surface area contributed by atoms with Gasteiger partial charge in [-0.3, -0.25) is 14.4 Å². The summed E-state index contributed by atoms with van der Waals surface area (Å²) in [7, 11) is 0. The number of carbonyl (C=O) groups is 3. The Morgan fingerprint density at radius 2 is 0.518 bits per heavy atom. The van der Waals surface area contributed by atoms with Crippen LogP contribution in [0.3, 0.4) is 0 Å². The molecule has 0 aromatic heterocycles. The molecule has 1 unspecified atom stereocenters. The van der Waals surface area contributed by atoms with Crippen LogP contribution in [0, 0.1) is 0 Å². The van der Waals surface area contributed by atoms with Crippen LogP contribution in [0.4, 0.5) is 0 Å². The SMILES string of the molecule is CC/C=C\C/C=C\C/C=C\C/C=C\C/C=C\CC(=O)OCC(COC(=O)CCCCCCCCCCCCCCCCCCCCC/C=C\CCCCCCCCCC)OC(=O)CCCCCCCC/C=C\C/C=C\C/C=C\C/C=C\CC. The van der Waals surface area contributed by atoms with Gasteiger partial charge in [-0.1, -0.05) is 322 Å². The van der Waals surface area contributed by atoms with E-state index in [1.54, 1.807) is 6.08 Å². The molecule has 0 saturated carbocycles.